The van der Waals surface area contributed by atoms with Gasteiger partial charge in [-0.25, -0.2) is 4.98 Å². The van der Waals surface area contributed by atoms with Gasteiger partial charge in [-0.1, -0.05) is 11.1 Å². The van der Waals surface area contributed by atoms with Crippen molar-refractivity contribution in [3.63, 3.8) is 0 Å². The Balaban J connectivity index is 2.40. The predicted molar refractivity (Wildman–Crippen MR) is 85.8 cm³/mol. The second kappa shape index (κ2) is 4.55. The molecule has 0 amide bonds. The van der Waals surface area contributed by atoms with Gasteiger partial charge in [0.05, 0.1) is 11.1 Å². The summed E-state index contributed by atoms with van der Waals surface area (Å²) in [5.41, 5.74) is 6.86. The van der Waals surface area contributed by atoms with Crippen LogP contribution in [0.5, 0.6) is 0 Å². The van der Waals surface area contributed by atoms with Crippen LogP contribution in [-0.2, 0) is 5.41 Å². The van der Waals surface area contributed by atoms with Crippen molar-refractivity contribution >= 4 is 34.4 Å². The monoisotopic (exact) mass is 322 g/mol. The van der Waals surface area contributed by atoms with Crippen molar-refractivity contribution < 1.29 is 0 Å². The van der Waals surface area contributed by atoms with Gasteiger partial charge in [0.1, 0.15) is 5.52 Å². The number of allylic oxidation sites excluding steroid dienone is 4. The molecular formula is C15H16Cl2N4. The maximum absolute atomic E-state index is 6.09. The van der Waals surface area contributed by atoms with Crippen LogP contribution < -0.4 is 0 Å². The highest BCUT2D eigenvalue weighted by Gasteiger charge is 2.41. The number of aromatic amines is 1. The van der Waals surface area contributed by atoms with Crippen LogP contribution in [0.3, 0.4) is 0 Å². The minimum absolute atomic E-state index is 0.185. The average molecular weight is 323 g/mol. The van der Waals surface area contributed by atoms with Crippen molar-refractivity contribution in [3.05, 3.63) is 38.6 Å². The molecule has 110 valence electrons. The van der Waals surface area contributed by atoms with Gasteiger partial charge in [-0.05, 0) is 69.0 Å². The van der Waals surface area contributed by atoms with E-state index in [0.717, 1.165) is 11.2 Å². The number of rotatable bonds is 1. The van der Waals surface area contributed by atoms with Gasteiger partial charge >= 0.3 is 0 Å². The number of H-pyrrole nitrogens is 1. The highest BCUT2D eigenvalue weighted by Crippen LogP contribution is 2.49. The Morgan fingerprint density at radius 2 is 1.48 bits per heavy atom. The van der Waals surface area contributed by atoms with Gasteiger partial charge in [0.2, 0.25) is 10.6 Å². The number of nitrogens with one attached hydrogen (secondary N) is 1. The van der Waals surface area contributed by atoms with Crippen LogP contribution in [0, 0.1) is 0 Å². The molecule has 1 aliphatic rings. The molecule has 0 fully saturated rings. The number of hydrogen-bond acceptors (Lipinski definition) is 3. The van der Waals surface area contributed by atoms with Gasteiger partial charge in [0.15, 0.2) is 5.65 Å². The van der Waals surface area contributed by atoms with E-state index in [1.54, 1.807) is 0 Å². The third kappa shape index (κ3) is 1.86. The van der Waals surface area contributed by atoms with Crippen molar-refractivity contribution in [1.29, 1.82) is 0 Å². The lowest BCUT2D eigenvalue weighted by Crippen LogP contribution is -2.25. The molecule has 3 rings (SSSR count). The predicted octanol–water partition coefficient (Wildman–Crippen LogP) is 4.60. The smallest absolute Gasteiger partial charge is 0.224 e. The number of imidazole rings is 1. The molecule has 2 aromatic heterocycles. The molecule has 4 nitrogen and oxygen atoms in total. The number of fused-ring (bicyclic) bond motifs is 1. The Labute approximate surface area is 133 Å². The molecule has 1 aliphatic carbocycles. The lowest BCUT2D eigenvalue weighted by Gasteiger charge is -2.29. The summed E-state index contributed by atoms with van der Waals surface area (Å²) in [6.07, 6.45) is 0. The highest BCUT2D eigenvalue weighted by molar-refractivity contribution is 6.29. The fraction of sp³-hybridized carbons (Fsp3) is 0.400. The van der Waals surface area contributed by atoms with Crippen molar-refractivity contribution in [2.75, 3.05) is 0 Å². The lowest BCUT2D eigenvalue weighted by atomic mass is 9.76. The zero-order chi connectivity index (χ0) is 15.5. The molecular weight excluding hydrogens is 307 g/mol. The van der Waals surface area contributed by atoms with E-state index in [1.165, 1.54) is 22.3 Å². The van der Waals surface area contributed by atoms with Crippen LogP contribution in [0.2, 0.25) is 10.6 Å². The molecule has 0 spiro atoms. The van der Waals surface area contributed by atoms with Crippen LogP contribution in [0.1, 0.15) is 40.3 Å². The minimum atomic E-state index is -0.325. The van der Waals surface area contributed by atoms with Gasteiger partial charge in [-0.2, -0.15) is 9.97 Å². The normalized spacial score (nSPS) is 18.2. The van der Waals surface area contributed by atoms with Gasteiger partial charge < -0.3 is 4.98 Å². The van der Waals surface area contributed by atoms with Crippen LogP contribution in [0.4, 0.5) is 0 Å². The molecule has 2 heterocycles. The SMILES string of the molecule is CC1=C(C)C(C)(c2nc(Cl)nc3nc(Cl)[nH]c23)C(C)=C1C. The van der Waals surface area contributed by atoms with Crippen LogP contribution in [0.15, 0.2) is 22.3 Å². The fourth-order valence-corrected chi connectivity index (χ4v) is 3.49. The van der Waals surface area contributed by atoms with Crippen molar-refractivity contribution in [2.24, 2.45) is 0 Å². The molecule has 0 aromatic carbocycles. The number of nitrogens with zero attached hydrogens (tertiary/aromatic N) is 3. The number of halogens is 2. The summed E-state index contributed by atoms with van der Waals surface area (Å²) in [6.45, 7) is 10.7. The lowest BCUT2D eigenvalue weighted by molar-refractivity contribution is 0.645. The van der Waals surface area contributed by atoms with E-state index >= 15 is 0 Å². The summed E-state index contributed by atoms with van der Waals surface area (Å²) in [6, 6.07) is 0. The molecule has 0 saturated carbocycles. The van der Waals surface area contributed by atoms with Gasteiger partial charge in [-0.3, -0.25) is 0 Å². The van der Waals surface area contributed by atoms with E-state index in [1.807, 2.05) is 0 Å². The summed E-state index contributed by atoms with van der Waals surface area (Å²) >= 11 is 12.1. The van der Waals surface area contributed by atoms with E-state index in [9.17, 15) is 0 Å². The molecule has 2 aromatic rings. The Kier molecular flexibility index (Phi) is 3.15. The molecule has 1 N–H and O–H groups in total. The van der Waals surface area contributed by atoms with Crippen molar-refractivity contribution in [1.82, 2.24) is 19.9 Å². The first-order valence-corrected chi connectivity index (χ1v) is 7.48. The van der Waals surface area contributed by atoms with E-state index in [2.05, 4.69) is 54.6 Å². The molecule has 0 unspecified atom stereocenters. The average Bonchev–Trinajstić information content (AvgIpc) is 2.87. The number of aromatic nitrogens is 4. The summed E-state index contributed by atoms with van der Waals surface area (Å²) in [5, 5.41) is 0.478. The summed E-state index contributed by atoms with van der Waals surface area (Å²) in [7, 11) is 0. The van der Waals surface area contributed by atoms with E-state index in [0.29, 0.717) is 10.9 Å². The topological polar surface area (TPSA) is 54.5 Å². The maximum Gasteiger partial charge on any atom is 0.224 e. The summed E-state index contributed by atoms with van der Waals surface area (Å²) < 4.78 is 0. The van der Waals surface area contributed by atoms with E-state index < -0.39 is 0 Å². The third-order valence-corrected chi connectivity index (χ3v) is 5.30. The summed E-state index contributed by atoms with van der Waals surface area (Å²) in [4.78, 5) is 15.9. The van der Waals surface area contributed by atoms with Crippen LogP contribution in [0.25, 0.3) is 11.2 Å². The Hall–Kier alpha value is -1.39. The molecule has 0 radical (unpaired) electrons. The molecule has 21 heavy (non-hydrogen) atoms. The van der Waals surface area contributed by atoms with E-state index in [-0.39, 0.29) is 10.7 Å². The van der Waals surface area contributed by atoms with Gasteiger partial charge in [0.25, 0.3) is 0 Å². The quantitative estimate of drug-likeness (QED) is 0.616. The number of hydrogen-bond donors (Lipinski definition) is 1. The Morgan fingerprint density at radius 3 is 2.05 bits per heavy atom. The fourth-order valence-electron chi connectivity index (χ4n) is 3.15. The van der Waals surface area contributed by atoms with Gasteiger partial charge in [-0.15, -0.1) is 0 Å². The van der Waals surface area contributed by atoms with Gasteiger partial charge in [0, 0.05) is 0 Å². The molecule has 0 saturated heterocycles. The van der Waals surface area contributed by atoms with Crippen LogP contribution in [-0.4, -0.2) is 19.9 Å². The Bertz CT molecular complexity index is 806. The molecule has 0 atom stereocenters. The minimum Gasteiger partial charge on any atom is -0.326 e. The second-order valence-electron chi connectivity index (χ2n) is 5.69. The largest absolute Gasteiger partial charge is 0.326 e. The maximum atomic E-state index is 6.09. The standard InChI is InChI=1S/C15H16Cl2N4/c1-6-7(2)9(4)15(5,8(6)3)11-10-12(20-13(16)18-10)21-14(17)19-11/h1-5H3,(H,18,19,20,21). The zero-order valence-corrected chi connectivity index (χ0v) is 14.1. The zero-order valence-electron chi connectivity index (χ0n) is 12.6. The summed E-state index contributed by atoms with van der Waals surface area (Å²) in [5.74, 6) is 0. The second-order valence-corrected chi connectivity index (χ2v) is 6.39. The van der Waals surface area contributed by atoms with Crippen molar-refractivity contribution in [3.8, 4) is 0 Å². The first-order valence-electron chi connectivity index (χ1n) is 6.72. The molecule has 6 heteroatoms. The molecule has 0 bridgehead atoms. The first kappa shape index (κ1) is 14.5. The van der Waals surface area contributed by atoms with Crippen LogP contribution >= 0.6 is 23.2 Å². The Morgan fingerprint density at radius 1 is 0.905 bits per heavy atom. The van der Waals surface area contributed by atoms with Crippen molar-refractivity contribution in [2.45, 2.75) is 40.0 Å². The molecule has 0 aliphatic heterocycles. The first-order chi connectivity index (χ1) is 9.76. The third-order valence-electron chi connectivity index (χ3n) is 4.96. The highest BCUT2D eigenvalue weighted by atomic mass is 35.5. The van der Waals surface area contributed by atoms with E-state index in [4.69, 9.17) is 23.2 Å².